The maximum Gasteiger partial charge on any atom is 0.256 e. The Kier molecular flexibility index (Phi) is 4.81. The average Bonchev–Trinajstić information content (AvgIpc) is 3.00. The van der Waals surface area contributed by atoms with Gasteiger partial charge in [-0.05, 0) is 42.3 Å². The lowest BCUT2D eigenvalue weighted by Crippen LogP contribution is -2.16. The molecule has 1 aromatic heterocycles. The quantitative estimate of drug-likeness (QED) is 0.747. The van der Waals surface area contributed by atoms with Gasteiger partial charge in [-0.2, -0.15) is 5.10 Å². The third-order valence-electron chi connectivity index (χ3n) is 3.71. The first-order valence-corrected chi connectivity index (χ1v) is 7.85. The Hall–Kier alpha value is -2.73. The van der Waals surface area contributed by atoms with Crippen LogP contribution in [0.4, 0.5) is 14.6 Å². The minimum Gasteiger partial charge on any atom is -0.307 e. The molecule has 3 aromatic rings. The molecule has 0 bridgehead atoms. The van der Waals surface area contributed by atoms with Crippen molar-refractivity contribution in [2.24, 2.45) is 0 Å². The smallest absolute Gasteiger partial charge is 0.256 e. The summed E-state index contributed by atoms with van der Waals surface area (Å²) in [6, 6.07) is 10.3. The lowest BCUT2D eigenvalue weighted by atomic mass is 10.1. The van der Waals surface area contributed by atoms with E-state index in [4.69, 9.17) is 11.6 Å². The molecule has 0 spiro atoms. The number of rotatable bonds is 4. The van der Waals surface area contributed by atoms with Crippen LogP contribution in [0.3, 0.4) is 0 Å². The second kappa shape index (κ2) is 7.03. The molecule has 25 heavy (non-hydrogen) atoms. The third kappa shape index (κ3) is 3.85. The predicted octanol–water partition coefficient (Wildman–Crippen LogP) is 4.42. The van der Waals surface area contributed by atoms with Gasteiger partial charge < -0.3 is 5.32 Å². The van der Waals surface area contributed by atoms with Gasteiger partial charge in [0.05, 0.1) is 17.8 Å². The second-order valence-corrected chi connectivity index (χ2v) is 5.95. The average molecular weight is 362 g/mol. The van der Waals surface area contributed by atoms with Gasteiger partial charge in [-0.3, -0.25) is 4.79 Å². The summed E-state index contributed by atoms with van der Waals surface area (Å²) >= 11 is 5.67. The number of halogens is 3. The van der Waals surface area contributed by atoms with E-state index in [9.17, 15) is 13.6 Å². The van der Waals surface area contributed by atoms with Crippen molar-refractivity contribution in [2.45, 2.75) is 13.5 Å². The van der Waals surface area contributed by atoms with Crippen molar-refractivity contribution in [3.63, 3.8) is 0 Å². The van der Waals surface area contributed by atoms with Crippen molar-refractivity contribution in [3.8, 4) is 0 Å². The van der Waals surface area contributed by atoms with Gasteiger partial charge in [-0.1, -0.05) is 23.7 Å². The van der Waals surface area contributed by atoms with Crippen molar-refractivity contribution in [1.82, 2.24) is 9.78 Å². The molecular formula is C18H14ClF2N3O. The Morgan fingerprint density at radius 3 is 2.68 bits per heavy atom. The molecule has 1 N–H and O–H groups in total. The summed E-state index contributed by atoms with van der Waals surface area (Å²) in [5.74, 6) is -1.01. The summed E-state index contributed by atoms with van der Waals surface area (Å²) in [4.78, 5) is 12.3. The first kappa shape index (κ1) is 17.1. The van der Waals surface area contributed by atoms with E-state index in [0.29, 0.717) is 16.9 Å². The van der Waals surface area contributed by atoms with Gasteiger partial charge in [0.15, 0.2) is 0 Å². The van der Waals surface area contributed by atoms with Crippen LogP contribution >= 0.6 is 11.6 Å². The molecule has 0 unspecified atom stereocenters. The van der Waals surface area contributed by atoms with Gasteiger partial charge in [0, 0.05) is 11.6 Å². The van der Waals surface area contributed by atoms with E-state index in [1.54, 1.807) is 25.1 Å². The number of aryl methyl sites for hydroxylation is 1. The normalized spacial score (nSPS) is 10.7. The monoisotopic (exact) mass is 361 g/mol. The zero-order valence-electron chi connectivity index (χ0n) is 13.3. The van der Waals surface area contributed by atoms with Gasteiger partial charge in [0.25, 0.3) is 5.91 Å². The molecule has 0 aliphatic rings. The summed E-state index contributed by atoms with van der Waals surface area (Å²) in [7, 11) is 0. The molecule has 1 heterocycles. The summed E-state index contributed by atoms with van der Waals surface area (Å²) in [6.07, 6.45) is 1.51. The van der Waals surface area contributed by atoms with Crippen molar-refractivity contribution in [1.29, 1.82) is 0 Å². The van der Waals surface area contributed by atoms with E-state index >= 15 is 0 Å². The van der Waals surface area contributed by atoms with Crippen molar-refractivity contribution < 1.29 is 13.6 Å². The number of benzene rings is 2. The molecule has 0 saturated carbocycles. The Bertz CT molecular complexity index is 940. The maximum absolute atomic E-state index is 13.6. The van der Waals surface area contributed by atoms with Crippen LogP contribution < -0.4 is 5.32 Å². The molecule has 1 amide bonds. The Morgan fingerprint density at radius 2 is 1.96 bits per heavy atom. The fraction of sp³-hybridized carbons (Fsp3) is 0.111. The van der Waals surface area contributed by atoms with Gasteiger partial charge in [-0.15, -0.1) is 0 Å². The fourth-order valence-electron chi connectivity index (χ4n) is 2.30. The molecule has 0 fully saturated rings. The number of carbonyl (C=O) groups is 1. The van der Waals surface area contributed by atoms with Crippen molar-refractivity contribution in [2.75, 3.05) is 5.32 Å². The molecule has 128 valence electrons. The van der Waals surface area contributed by atoms with E-state index < -0.39 is 17.5 Å². The Morgan fingerprint density at radius 1 is 1.16 bits per heavy atom. The number of nitrogens with one attached hydrogen (secondary N) is 1. The van der Waals surface area contributed by atoms with Crippen LogP contribution in [0.25, 0.3) is 0 Å². The van der Waals surface area contributed by atoms with Crippen LogP contribution in [-0.4, -0.2) is 15.7 Å². The number of nitrogens with zero attached hydrogens (tertiary/aromatic N) is 2. The fourth-order valence-corrected chi connectivity index (χ4v) is 2.42. The second-order valence-electron chi connectivity index (χ2n) is 5.54. The highest BCUT2D eigenvalue weighted by molar-refractivity contribution is 6.30. The molecule has 0 atom stereocenters. The molecule has 4 nitrogen and oxygen atoms in total. The molecule has 7 heteroatoms. The molecule has 2 aromatic carbocycles. The van der Waals surface area contributed by atoms with E-state index in [1.165, 1.54) is 35.1 Å². The molecule has 0 radical (unpaired) electrons. The number of aromatic nitrogens is 2. The minimum atomic E-state index is -0.521. The highest BCUT2D eigenvalue weighted by Crippen LogP contribution is 2.18. The van der Waals surface area contributed by atoms with E-state index in [-0.39, 0.29) is 17.1 Å². The standard InChI is InChI=1S/C18H14ClF2N3O/c1-11-2-4-13(9-15(11)20)18(25)23-17-6-7-22-24(17)10-12-3-5-14(19)16(21)8-12/h2-9H,10H2,1H3,(H,23,25). The molecular weight excluding hydrogens is 348 g/mol. The van der Waals surface area contributed by atoms with Crippen molar-refractivity contribution >= 4 is 23.3 Å². The lowest BCUT2D eigenvalue weighted by Gasteiger charge is -2.10. The van der Waals surface area contributed by atoms with Gasteiger partial charge in [0.1, 0.15) is 17.5 Å². The van der Waals surface area contributed by atoms with E-state index in [2.05, 4.69) is 10.4 Å². The van der Waals surface area contributed by atoms with Crippen LogP contribution in [0.1, 0.15) is 21.5 Å². The zero-order valence-corrected chi connectivity index (χ0v) is 14.0. The maximum atomic E-state index is 13.6. The molecule has 0 aliphatic carbocycles. The van der Waals surface area contributed by atoms with Gasteiger partial charge in [-0.25, -0.2) is 13.5 Å². The Balaban J connectivity index is 1.78. The summed E-state index contributed by atoms with van der Waals surface area (Å²) in [5.41, 5.74) is 1.31. The van der Waals surface area contributed by atoms with Crippen LogP contribution in [0.5, 0.6) is 0 Å². The topological polar surface area (TPSA) is 46.9 Å². The van der Waals surface area contributed by atoms with Crippen molar-refractivity contribution in [3.05, 3.63) is 82.0 Å². The largest absolute Gasteiger partial charge is 0.307 e. The zero-order chi connectivity index (χ0) is 18.0. The SMILES string of the molecule is Cc1ccc(C(=O)Nc2ccnn2Cc2ccc(Cl)c(F)c2)cc1F. The molecule has 3 rings (SSSR count). The predicted molar refractivity (Wildman–Crippen MR) is 91.8 cm³/mol. The van der Waals surface area contributed by atoms with Crippen LogP contribution in [0.2, 0.25) is 5.02 Å². The molecule has 0 saturated heterocycles. The Labute approximate surface area is 148 Å². The number of hydrogen-bond donors (Lipinski definition) is 1. The first-order chi connectivity index (χ1) is 11.9. The summed E-state index contributed by atoms with van der Waals surface area (Å²) in [6.45, 7) is 1.87. The lowest BCUT2D eigenvalue weighted by molar-refractivity contribution is 0.102. The highest BCUT2D eigenvalue weighted by Gasteiger charge is 2.12. The van der Waals surface area contributed by atoms with E-state index in [1.807, 2.05) is 0 Å². The van der Waals surface area contributed by atoms with E-state index in [0.717, 1.165) is 0 Å². The number of amides is 1. The van der Waals surface area contributed by atoms with Crippen LogP contribution in [0.15, 0.2) is 48.7 Å². The molecule has 0 aliphatic heterocycles. The number of hydrogen-bond acceptors (Lipinski definition) is 2. The van der Waals surface area contributed by atoms with Gasteiger partial charge >= 0.3 is 0 Å². The first-order valence-electron chi connectivity index (χ1n) is 7.47. The number of anilines is 1. The third-order valence-corrected chi connectivity index (χ3v) is 4.02. The van der Waals surface area contributed by atoms with Crippen LogP contribution in [0, 0.1) is 18.6 Å². The summed E-state index contributed by atoms with van der Waals surface area (Å²) < 4.78 is 28.7. The summed E-state index contributed by atoms with van der Waals surface area (Å²) in [5, 5.41) is 6.83. The van der Waals surface area contributed by atoms with Gasteiger partial charge in [0.2, 0.25) is 0 Å². The minimum absolute atomic E-state index is 0.0409. The highest BCUT2D eigenvalue weighted by atomic mass is 35.5. The number of carbonyl (C=O) groups excluding carboxylic acids is 1. The van der Waals surface area contributed by atoms with Crippen LogP contribution in [-0.2, 0) is 6.54 Å².